The molecule has 1 atom stereocenters. The second kappa shape index (κ2) is 3.73. The Morgan fingerprint density at radius 3 is 2.56 bits per heavy atom. The highest BCUT2D eigenvalue weighted by atomic mass is 16.6. The van der Waals surface area contributed by atoms with Crippen LogP contribution in [0.4, 0.5) is 4.79 Å². The number of carbonyl (C=O) groups excluding carboxylic acids is 1. The van der Waals surface area contributed by atoms with Crippen LogP contribution >= 0.6 is 0 Å². The lowest BCUT2D eigenvalue weighted by Gasteiger charge is -2.16. The molecule has 1 unspecified atom stereocenters. The molecule has 6 nitrogen and oxygen atoms in total. The molecular weight excluding hydrogens is 214 g/mol. The smallest absolute Gasteiger partial charge is 0.411 e. The van der Waals surface area contributed by atoms with Crippen LogP contribution < -0.4 is 0 Å². The van der Waals surface area contributed by atoms with E-state index >= 15 is 0 Å². The van der Waals surface area contributed by atoms with Gasteiger partial charge in [-0.2, -0.15) is 0 Å². The maximum absolute atomic E-state index is 11.4. The topological polar surface area (TPSA) is 87.1 Å². The summed E-state index contributed by atoms with van der Waals surface area (Å²) in [5, 5.41) is 18.0. The van der Waals surface area contributed by atoms with Gasteiger partial charge in [-0.25, -0.2) is 9.59 Å². The molecule has 2 rings (SSSR count). The summed E-state index contributed by atoms with van der Waals surface area (Å²) in [6.45, 7) is -0.264. The average Bonchev–Trinajstić information content (AvgIpc) is 2.62. The molecule has 84 valence electrons. The number of carboxylic acid groups (broad SMARTS) is 1. The Kier molecular flexibility index (Phi) is 2.40. The highest BCUT2D eigenvalue weighted by molar-refractivity contribution is 5.84. The second-order valence-electron chi connectivity index (χ2n) is 3.34. The van der Waals surface area contributed by atoms with Gasteiger partial charge in [-0.15, -0.1) is 0 Å². The average molecular weight is 223 g/mol. The SMILES string of the molecule is O=C1OCN(C(=O)O)C1c1ccc(O)cc1. The van der Waals surface area contributed by atoms with Crippen LogP contribution in [0, 0.1) is 0 Å². The predicted octanol–water partition coefficient (Wildman–Crippen LogP) is 0.928. The molecule has 0 aromatic heterocycles. The van der Waals surface area contributed by atoms with Crippen molar-refractivity contribution in [2.45, 2.75) is 6.04 Å². The van der Waals surface area contributed by atoms with E-state index in [1.165, 1.54) is 24.3 Å². The number of amides is 1. The summed E-state index contributed by atoms with van der Waals surface area (Å²) in [4.78, 5) is 23.1. The third kappa shape index (κ3) is 1.65. The number of esters is 1. The lowest BCUT2D eigenvalue weighted by molar-refractivity contribution is -0.139. The molecule has 2 N–H and O–H groups in total. The van der Waals surface area contributed by atoms with Crippen molar-refractivity contribution < 1.29 is 24.5 Å². The highest BCUT2D eigenvalue weighted by Gasteiger charge is 2.38. The van der Waals surface area contributed by atoms with E-state index in [1.807, 2.05) is 0 Å². The first kappa shape index (κ1) is 10.3. The number of cyclic esters (lactones) is 1. The predicted molar refractivity (Wildman–Crippen MR) is 51.7 cm³/mol. The minimum Gasteiger partial charge on any atom is -0.508 e. The van der Waals surface area contributed by atoms with Gasteiger partial charge in [0.2, 0.25) is 0 Å². The van der Waals surface area contributed by atoms with Crippen LogP contribution in [0.2, 0.25) is 0 Å². The number of hydrogen-bond donors (Lipinski definition) is 2. The summed E-state index contributed by atoms with van der Waals surface area (Å²) in [5.41, 5.74) is 0.475. The Hall–Kier alpha value is -2.24. The van der Waals surface area contributed by atoms with E-state index in [9.17, 15) is 9.59 Å². The maximum Gasteiger partial charge on any atom is 0.411 e. The molecule has 0 spiro atoms. The molecule has 1 aromatic carbocycles. The maximum atomic E-state index is 11.4. The van der Waals surface area contributed by atoms with Crippen molar-refractivity contribution in [3.63, 3.8) is 0 Å². The molecule has 16 heavy (non-hydrogen) atoms. The molecular formula is C10H9NO5. The third-order valence-corrected chi connectivity index (χ3v) is 2.34. The molecule has 0 bridgehead atoms. The van der Waals surface area contributed by atoms with Gasteiger partial charge in [-0.3, -0.25) is 4.90 Å². The molecule has 1 amide bonds. The monoisotopic (exact) mass is 223 g/mol. The summed E-state index contributed by atoms with van der Waals surface area (Å²) < 4.78 is 4.67. The Bertz CT molecular complexity index is 427. The fourth-order valence-corrected chi connectivity index (χ4v) is 1.55. The van der Waals surface area contributed by atoms with Gasteiger partial charge < -0.3 is 14.9 Å². The number of phenolic OH excluding ortho intramolecular Hbond substituents is 1. The van der Waals surface area contributed by atoms with Crippen LogP contribution in [0.15, 0.2) is 24.3 Å². The van der Waals surface area contributed by atoms with E-state index in [-0.39, 0.29) is 12.5 Å². The fourth-order valence-electron chi connectivity index (χ4n) is 1.55. The molecule has 1 heterocycles. The molecule has 1 aliphatic rings. The van der Waals surface area contributed by atoms with Gasteiger partial charge in [0.05, 0.1) is 0 Å². The van der Waals surface area contributed by atoms with Gasteiger partial charge in [-0.05, 0) is 17.7 Å². The fraction of sp³-hybridized carbons (Fsp3) is 0.200. The van der Waals surface area contributed by atoms with E-state index in [0.29, 0.717) is 5.56 Å². The molecule has 0 saturated carbocycles. The lowest BCUT2D eigenvalue weighted by Crippen LogP contribution is -2.30. The van der Waals surface area contributed by atoms with Crippen LogP contribution in [0.1, 0.15) is 11.6 Å². The number of ether oxygens (including phenoxy) is 1. The molecule has 0 aliphatic carbocycles. The zero-order valence-corrected chi connectivity index (χ0v) is 8.16. The molecule has 1 aromatic rings. The zero-order valence-electron chi connectivity index (χ0n) is 8.16. The minimum atomic E-state index is -1.22. The van der Waals surface area contributed by atoms with Gasteiger partial charge in [0.1, 0.15) is 5.75 Å². The first-order valence-electron chi connectivity index (χ1n) is 4.55. The summed E-state index contributed by atoms with van der Waals surface area (Å²) in [7, 11) is 0. The van der Waals surface area contributed by atoms with E-state index in [1.54, 1.807) is 0 Å². The summed E-state index contributed by atoms with van der Waals surface area (Å²) in [6, 6.07) is 4.81. The summed E-state index contributed by atoms with van der Waals surface area (Å²) >= 11 is 0. The Morgan fingerprint density at radius 1 is 1.38 bits per heavy atom. The molecule has 1 saturated heterocycles. The van der Waals surface area contributed by atoms with E-state index in [0.717, 1.165) is 4.90 Å². The number of carbonyl (C=O) groups is 2. The van der Waals surface area contributed by atoms with Gasteiger partial charge in [0, 0.05) is 0 Å². The molecule has 0 radical (unpaired) electrons. The number of nitrogens with zero attached hydrogens (tertiary/aromatic N) is 1. The number of aromatic hydroxyl groups is 1. The first-order chi connectivity index (χ1) is 7.59. The lowest BCUT2D eigenvalue weighted by atomic mass is 10.1. The zero-order chi connectivity index (χ0) is 11.7. The van der Waals surface area contributed by atoms with Crippen LogP contribution in [-0.2, 0) is 9.53 Å². The Labute approximate surface area is 90.7 Å². The number of phenols is 1. The van der Waals surface area contributed by atoms with E-state index < -0.39 is 18.1 Å². The first-order valence-corrected chi connectivity index (χ1v) is 4.55. The van der Waals surface area contributed by atoms with Crippen molar-refractivity contribution in [3.05, 3.63) is 29.8 Å². The largest absolute Gasteiger partial charge is 0.508 e. The van der Waals surface area contributed by atoms with Crippen molar-refractivity contribution in [3.8, 4) is 5.75 Å². The highest BCUT2D eigenvalue weighted by Crippen LogP contribution is 2.28. The Morgan fingerprint density at radius 2 is 2.00 bits per heavy atom. The van der Waals surface area contributed by atoms with Gasteiger partial charge in [-0.1, -0.05) is 12.1 Å². The van der Waals surface area contributed by atoms with Crippen molar-refractivity contribution in [2.75, 3.05) is 6.73 Å². The van der Waals surface area contributed by atoms with Gasteiger partial charge in [0.25, 0.3) is 0 Å². The normalized spacial score (nSPS) is 19.6. The van der Waals surface area contributed by atoms with Crippen LogP contribution in [-0.4, -0.2) is 33.9 Å². The summed E-state index contributed by atoms with van der Waals surface area (Å²) in [6.07, 6.45) is -1.22. The molecule has 6 heteroatoms. The standard InChI is InChI=1S/C10H9NO5/c12-7-3-1-6(2-4-7)8-9(13)16-5-11(8)10(14)15/h1-4,8,12H,5H2,(H,14,15). The van der Waals surface area contributed by atoms with Crippen molar-refractivity contribution >= 4 is 12.1 Å². The minimum absolute atomic E-state index is 0.0528. The van der Waals surface area contributed by atoms with E-state index in [4.69, 9.17) is 10.2 Å². The van der Waals surface area contributed by atoms with Gasteiger partial charge >= 0.3 is 12.1 Å². The number of benzene rings is 1. The van der Waals surface area contributed by atoms with Crippen LogP contribution in [0.25, 0.3) is 0 Å². The molecule has 1 aliphatic heterocycles. The third-order valence-electron chi connectivity index (χ3n) is 2.34. The van der Waals surface area contributed by atoms with Crippen molar-refractivity contribution in [2.24, 2.45) is 0 Å². The van der Waals surface area contributed by atoms with Crippen molar-refractivity contribution in [1.29, 1.82) is 0 Å². The van der Waals surface area contributed by atoms with Gasteiger partial charge in [0.15, 0.2) is 12.8 Å². The number of rotatable bonds is 1. The summed E-state index contributed by atoms with van der Waals surface area (Å²) in [5.74, 6) is -0.551. The van der Waals surface area contributed by atoms with E-state index in [2.05, 4.69) is 4.74 Å². The second-order valence-corrected chi connectivity index (χ2v) is 3.34. The quantitative estimate of drug-likeness (QED) is 0.691. The van der Waals surface area contributed by atoms with Crippen LogP contribution in [0.5, 0.6) is 5.75 Å². The Balaban J connectivity index is 2.33. The van der Waals surface area contributed by atoms with Crippen molar-refractivity contribution in [1.82, 2.24) is 4.90 Å². The molecule has 1 fully saturated rings. The number of hydrogen-bond acceptors (Lipinski definition) is 4. The van der Waals surface area contributed by atoms with Crippen LogP contribution in [0.3, 0.4) is 0 Å².